The first-order chi connectivity index (χ1) is 9.72. The zero-order valence-electron chi connectivity index (χ0n) is 11.5. The Kier molecular flexibility index (Phi) is 3.74. The van der Waals surface area contributed by atoms with Crippen molar-refractivity contribution in [3.05, 3.63) is 47.4 Å². The van der Waals surface area contributed by atoms with E-state index in [2.05, 4.69) is 31.9 Å². The molecular weight excluding hydrogens is 272 g/mol. The molecule has 0 atom stereocenters. The predicted octanol–water partition coefficient (Wildman–Crippen LogP) is 2.77. The van der Waals surface area contributed by atoms with Crippen LogP contribution < -0.4 is 9.80 Å². The highest BCUT2D eigenvalue weighted by atomic mass is 35.5. The van der Waals surface area contributed by atoms with Crippen molar-refractivity contribution in [2.75, 3.05) is 36.0 Å². The largest absolute Gasteiger partial charge is 0.368 e. The highest BCUT2D eigenvalue weighted by molar-refractivity contribution is 6.30. The number of aromatic nitrogens is 2. The van der Waals surface area contributed by atoms with Gasteiger partial charge in [-0.1, -0.05) is 11.6 Å². The summed E-state index contributed by atoms with van der Waals surface area (Å²) in [7, 11) is 0. The van der Waals surface area contributed by atoms with Gasteiger partial charge < -0.3 is 9.80 Å². The van der Waals surface area contributed by atoms with Crippen molar-refractivity contribution < 1.29 is 0 Å². The van der Waals surface area contributed by atoms with Crippen LogP contribution in [0.25, 0.3) is 0 Å². The van der Waals surface area contributed by atoms with Gasteiger partial charge >= 0.3 is 0 Å². The maximum absolute atomic E-state index is 5.87. The molecule has 0 unspecified atom stereocenters. The quantitative estimate of drug-likeness (QED) is 0.851. The van der Waals surface area contributed by atoms with Crippen LogP contribution in [0, 0.1) is 6.92 Å². The smallest absolute Gasteiger partial charge is 0.128 e. The second kappa shape index (κ2) is 5.67. The maximum atomic E-state index is 5.87. The molecule has 3 heterocycles. The van der Waals surface area contributed by atoms with Crippen LogP contribution in [0.5, 0.6) is 0 Å². The Labute approximate surface area is 124 Å². The van der Waals surface area contributed by atoms with Gasteiger partial charge in [0.25, 0.3) is 0 Å². The number of hydrogen-bond donors (Lipinski definition) is 0. The third kappa shape index (κ3) is 2.85. The van der Waals surface area contributed by atoms with Gasteiger partial charge in [-0.05, 0) is 31.2 Å². The Morgan fingerprint density at radius 3 is 2.40 bits per heavy atom. The summed E-state index contributed by atoms with van der Waals surface area (Å²) in [6.07, 6.45) is 3.58. The monoisotopic (exact) mass is 288 g/mol. The zero-order valence-corrected chi connectivity index (χ0v) is 12.2. The minimum Gasteiger partial charge on any atom is -0.368 e. The molecular formula is C15H17ClN4. The average molecular weight is 289 g/mol. The molecule has 104 valence electrons. The van der Waals surface area contributed by atoms with Gasteiger partial charge in [-0.15, -0.1) is 0 Å². The SMILES string of the molecule is Cc1cc(N2CCN(c3ccc(Cl)cn3)CC2)ccn1. The molecule has 20 heavy (non-hydrogen) atoms. The maximum Gasteiger partial charge on any atom is 0.128 e. The minimum absolute atomic E-state index is 0.680. The van der Waals surface area contributed by atoms with Crippen LogP contribution in [0.2, 0.25) is 5.02 Å². The number of anilines is 2. The number of piperazine rings is 1. The Morgan fingerprint density at radius 1 is 1.00 bits per heavy atom. The van der Waals surface area contributed by atoms with E-state index in [0.29, 0.717) is 5.02 Å². The number of halogens is 1. The molecule has 0 radical (unpaired) electrons. The van der Waals surface area contributed by atoms with E-state index >= 15 is 0 Å². The number of aryl methyl sites for hydroxylation is 1. The first-order valence-electron chi connectivity index (χ1n) is 6.76. The summed E-state index contributed by atoms with van der Waals surface area (Å²) in [6.45, 7) is 5.95. The topological polar surface area (TPSA) is 32.3 Å². The Bertz CT molecular complexity index is 577. The molecule has 1 saturated heterocycles. The van der Waals surface area contributed by atoms with Crippen LogP contribution in [0.3, 0.4) is 0 Å². The summed E-state index contributed by atoms with van der Waals surface area (Å²) in [5, 5.41) is 0.680. The second-order valence-corrected chi connectivity index (χ2v) is 5.40. The second-order valence-electron chi connectivity index (χ2n) is 4.96. The average Bonchev–Trinajstić information content (AvgIpc) is 2.48. The lowest BCUT2D eigenvalue weighted by Crippen LogP contribution is -2.46. The molecule has 4 nitrogen and oxygen atoms in total. The van der Waals surface area contributed by atoms with Crippen LogP contribution in [-0.4, -0.2) is 36.1 Å². The van der Waals surface area contributed by atoms with Crippen LogP contribution in [0.4, 0.5) is 11.5 Å². The molecule has 0 bridgehead atoms. The molecule has 0 spiro atoms. The Balaban J connectivity index is 1.66. The van der Waals surface area contributed by atoms with Gasteiger partial charge in [-0.2, -0.15) is 0 Å². The first kappa shape index (κ1) is 13.2. The Hall–Kier alpha value is -1.81. The number of rotatable bonds is 2. The van der Waals surface area contributed by atoms with Gasteiger partial charge in [0.15, 0.2) is 0 Å². The number of nitrogens with zero attached hydrogens (tertiary/aromatic N) is 4. The van der Waals surface area contributed by atoms with E-state index in [1.54, 1.807) is 6.20 Å². The molecule has 0 saturated carbocycles. The highest BCUT2D eigenvalue weighted by Gasteiger charge is 2.18. The fraction of sp³-hybridized carbons (Fsp3) is 0.333. The van der Waals surface area contributed by atoms with Crippen molar-refractivity contribution in [3.63, 3.8) is 0 Å². The predicted molar refractivity (Wildman–Crippen MR) is 82.6 cm³/mol. The molecule has 0 aromatic carbocycles. The molecule has 2 aromatic heterocycles. The molecule has 5 heteroatoms. The normalized spacial score (nSPS) is 15.5. The summed E-state index contributed by atoms with van der Waals surface area (Å²) < 4.78 is 0. The molecule has 1 aliphatic heterocycles. The van der Waals surface area contributed by atoms with E-state index in [1.165, 1.54) is 5.69 Å². The summed E-state index contributed by atoms with van der Waals surface area (Å²) in [5.74, 6) is 1.000. The van der Waals surface area contributed by atoms with Gasteiger partial charge in [-0.25, -0.2) is 4.98 Å². The molecule has 0 N–H and O–H groups in total. The molecule has 1 aliphatic rings. The molecule has 2 aromatic rings. The van der Waals surface area contributed by atoms with Crippen LogP contribution in [0.15, 0.2) is 36.7 Å². The van der Waals surface area contributed by atoms with Crippen molar-refractivity contribution in [2.45, 2.75) is 6.92 Å². The third-order valence-corrected chi connectivity index (χ3v) is 3.78. The van der Waals surface area contributed by atoms with Crippen molar-refractivity contribution in [1.82, 2.24) is 9.97 Å². The van der Waals surface area contributed by atoms with Crippen molar-refractivity contribution in [3.8, 4) is 0 Å². The third-order valence-electron chi connectivity index (χ3n) is 3.56. The van der Waals surface area contributed by atoms with Gasteiger partial charge in [-0.3, -0.25) is 4.98 Å². The van der Waals surface area contributed by atoms with E-state index in [0.717, 1.165) is 37.7 Å². The summed E-state index contributed by atoms with van der Waals surface area (Å²) in [6, 6.07) is 8.08. The molecule has 1 fully saturated rings. The fourth-order valence-corrected chi connectivity index (χ4v) is 2.59. The van der Waals surface area contributed by atoms with Crippen LogP contribution in [-0.2, 0) is 0 Å². The van der Waals surface area contributed by atoms with Crippen molar-refractivity contribution in [2.24, 2.45) is 0 Å². The van der Waals surface area contributed by atoms with E-state index in [4.69, 9.17) is 11.6 Å². The van der Waals surface area contributed by atoms with Gasteiger partial charge in [0.05, 0.1) is 5.02 Å². The summed E-state index contributed by atoms with van der Waals surface area (Å²) in [5.41, 5.74) is 2.31. The fourth-order valence-electron chi connectivity index (χ4n) is 2.48. The lowest BCUT2D eigenvalue weighted by atomic mass is 10.2. The van der Waals surface area contributed by atoms with Crippen LogP contribution in [0.1, 0.15) is 5.69 Å². The number of hydrogen-bond acceptors (Lipinski definition) is 4. The molecule has 0 aliphatic carbocycles. The standard InChI is InChI=1S/C15H17ClN4/c1-12-10-14(4-5-17-12)19-6-8-20(9-7-19)15-3-2-13(16)11-18-15/h2-5,10-11H,6-9H2,1H3. The Morgan fingerprint density at radius 2 is 1.75 bits per heavy atom. The van der Waals surface area contributed by atoms with Crippen molar-refractivity contribution >= 4 is 23.1 Å². The lowest BCUT2D eigenvalue weighted by Gasteiger charge is -2.36. The van der Waals surface area contributed by atoms with E-state index < -0.39 is 0 Å². The van der Waals surface area contributed by atoms with E-state index in [-0.39, 0.29) is 0 Å². The van der Waals surface area contributed by atoms with E-state index in [9.17, 15) is 0 Å². The van der Waals surface area contributed by atoms with Gasteiger partial charge in [0, 0.05) is 50.0 Å². The zero-order chi connectivity index (χ0) is 13.9. The van der Waals surface area contributed by atoms with Gasteiger partial charge in [0.1, 0.15) is 5.82 Å². The number of pyridine rings is 2. The highest BCUT2D eigenvalue weighted by Crippen LogP contribution is 2.20. The van der Waals surface area contributed by atoms with Crippen LogP contribution >= 0.6 is 11.6 Å². The van der Waals surface area contributed by atoms with E-state index in [1.807, 2.05) is 25.3 Å². The summed E-state index contributed by atoms with van der Waals surface area (Å²) >= 11 is 5.87. The summed E-state index contributed by atoms with van der Waals surface area (Å²) in [4.78, 5) is 13.3. The minimum atomic E-state index is 0.680. The van der Waals surface area contributed by atoms with Gasteiger partial charge in [0.2, 0.25) is 0 Å². The van der Waals surface area contributed by atoms with Crippen molar-refractivity contribution in [1.29, 1.82) is 0 Å². The molecule has 3 rings (SSSR count). The lowest BCUT2D eigenvalue weighted by molar-refractivity contribution is 0.647. The molecule has 0 amide bonds. The first-order valence-corrected chi connectivity index (χ1v) is 7.14.